The van der Waals surface area contributed by atoms with Gasteiger partial charge in [0, 0.05) is 11.8 Å². The standard InChI is InChI=1S/C11H6ClFN2O/c12-9-2-1-7(13)5-8(9)11(16)10-3-4-14-6-15-10/h1-6H. The highest BCUT2D eigenvalue weighted by Crippen LogP contribution is 2.19. The maximum atomic E-state index is 13.0. The number of hydrogen-bond acceptors (Lipinski definition) is 3. The molecule has 1 aromatic carbocycles. The summed E-state index contributed by atoms with van der Waals surface area (Å²) in [4.78, 5) is 19.4. The van der Waals surface area contributed by atoms with Crippen LogP contribution >= 0.6 is 11.6 Å². The molecular weight excluding hydrogens is 231 g/mol. The van der Waals surface area contributed by atoms with Crippen molar-refractivity contribution in [2.24, 2.45) is 0 Å². The molecule has 0 aliphatic rings. The van der Waals surface area contributed by atoms with E-state index in [0.29, 0.717) is 0 Å². The molecule has 5 heteroatoms. The Morgan fingerprint density at radius 2 is 2.12 bits per heavy atom. The van der Waals surface area contributed by atoms with E-state index < -0.39 is 11.6 Å². The van der Waals surface area contributed by atoms with Crippen molar-refractivity contribution in [1.82, 2.24) is 9.97 Å². The van der Waals surface area contributed by atoms with Gasteiger partial charge in [-0.25, -0.2) is 14.4 Å². The van der Waals surface area contributed by atoms with Crippen LogP contribution in [-0.2, 0) is 0 Å². The van der Waals surface area contributed by atoms with Gasteiger partial charge in [0.1, 0.15) is 17.8 Å². The summed E-state index contributed by atoms with van der Waals surface area (Å²) in [6, 6.07) is 5.07. The van der Waals surface area contributed by atoms with E-state index in [1.165, 1.54) is 30.7 Å². The van der Waals surface area contributed by atoms with E-state index in [2.05, 4.69) is 9.97 Å². The minimum Gasteiger partial charge on any atom is -0.287 e. The van der Waals surface area contributed by atoms with E-state index in [-0.39, 0.29) is 16.3 Å². The molecule has 16 heavy (non-hydrogen) atoms. The molecule has 0 aliphatic heterocycles. The molecule has 0 amide bonds. The van der Waals surface area contributed by atoms with Crippen molar-refractivity contribution in [3.63, 3.8) is 0 Å². The molecule has 3 nitrogen and oxygen atoms in total. The minimum atomic E-state index is -0.512. The molecule has 2 aromatic rings. The highest BCUT2D eigenvalue weighted by Gasteiger charge is 2.14. The molecule has 0 unspecified atom stereocenters. The van der Waals surface area contributed by atoms with E-state index in [4.69, 9.17) is 11.6 Å². The minimum absolute atomic E-state index is 0.0976. The Morgan fingerprint density at radius 1 is 1.31 bits per heavy atom. The summed E-state index contributed by atoms with van der Waals surface area (Å²) < 4.78 is 13.0. The average Bonchev–Trinajstić information content (AvgIpc) is 2.32. The Labute approximate surface area is 95.9 Å². The predicted molar refractivity (Wildman–Crippen MR) is 56.9 cm³/mol. The van der Waals surface area contributed by atoms with Crippen molar-refractivity contribution >= 4 is 17.4 Å². The van der Waals surface area contributed by atoms with Crippen molar-refractivity contribution in [3.8, 4) is 0 Å². The fourth-order valence-electron chi connectivity index (χ4n) is 1.23. The lowest BCUT2D eigenvalue weighted by atomic mass is 10.1. The van der Waals surface area contributed by atoms with Gasteiger partial charge in [0.25, 0.3) is 0 Å². The smallest absolute Gasteiger partial charge is 0.213 e. The molecule has 0 atom stereocenters. The van der Waals surface area contributed by atoms with Gasteiger partial charge in [-0.05, 0) is 24.3 Å². The molecule has 0 N–H and O–H groups in total. The number of benzene rings is 1. The number of carbonyl (C=O) groups is 1. The Bertz CT molecular complexity index is 531. The maximum Gasteiger partial charge on any atom is 0.213 e. The van der Waals surface area contributed by atoms with Crippen LogP contribution in [0.5, 0.6) is 0 Å². The first kappa shape index (κ1) is 10.7. The second-order valence-electron chi connectivity index (χ2n) is 3.05. The molecule has 1 aromatic heterocycles. The molecule has 0 bridgehead atoms. The quantitative estimate of drug-likeness (QED) is 0.753. The van der Waals surface area contributed by atoms with Crippen LogP contribution in [0.15, 0.2) is 36.8 Å². The van der Waals surface area contributed by atoms with Crippen LogP contribution in [-0.4, -0.2) is 15.8 Å². The van der Waals surface area contributed by atoms with Crippen LogP contribution in [0.25, 0.3) is 0 Å². The largest absolute Gasteiger partial charge is 0.287 e. The Hall–Kier alpha value is -1.81. The van der Waals surface area contributed by atoms with E-state index in [0.717, 1.165) is 6.07 Å². The average molecular weight is 237 g/mol. The monoisotopic (exact) mass is 236 g/mol. The molecule has 2 rings (SSSR count). The van der Waals surface area contributed by atoms with Crippen molar-refractivity contribution in [3.05, 3.63) is 58.9 Å². The van der Waals surface area contributed by atoms with Crippen LogP contribution in [0, 0.1) is 5.82 Å². The van der Waals surface area contributed by atoms with E-state index >= 15 is 0 Å². The fourth-order valence-corrected chi connectivity index (χ4v) is 1.44. The first-order chi connectivity index (χ1) is 7.68. The van der Waals surface area contributed by atoms with Gasteiger partial charge >= 0.3 is 0 Å². The normalized spacial score (nSPS) is 10.1. The van der Waals surface area contributed by atoms with Crippen LogP contribution in [0.4, 0.5) is 4.39 Å². The van der Waals surface area contributed by atoms with Crippen LogP contribution in [0.3, 0.4) is 0 Å². The van der Waals surface area contributed by atoms with Gasteiger partial charge in [0.05, 0.1) is 5.02 Å². The van der Waals surface area contributed by atoms with Crippen molar-refractivity contribution in [1.29, 1.82) is 0 Å². The van der Waals surface area contributed by atoms with Gasteiger partial charge < -0.3 is 0 Å². The second kappa shape index (κ2) is 4.37. The van der Waals surface area contributed by atoms with Crippen molar-refractivity contribution in [2.75, 3.05) is 0 Å². The van der Waals surface area contributed by atoms with E-state index in [1.54, 1.807) is 0 Å². The molecule has 0 spiro atoms. The molecular formula is C11H6ClFN2O. The zero-order valence-electron chi connectivity index (χ0n) is 8.02. The molecule has 0 saturated heterocycles. The van der Waals surface area contributed by atoms with Gasteiger partial charge in [-0.15, -0.1) is 0 Å². The summed E-state index contributed by atoms with van der Waals surface area (Å²) >= 11 is 5.81. The van der Waals surface area contributed by atoms with Crippen molar-refractivity contribution in [2.45, 2.75) is 0 Å². The highest BCUT2D eigenvalue weighted by molar-refractivity contribution is 6.34. The summed E-state index contributed by atoms with van der Waals surface area (Å²) in [6.07, 6.45) is 2.69. The lowest BCUT2D eigenvalue weighted by molar-refractivity contribution is 0.103. The summed E-state index contributed by atoms with van der Waals surface area (Å²) in [5.41, 5.74) is 0.280. The van der Waals surface area contributed by atoms with Crippen LogP contribution < -0.4 is 0 Å². The van der Waals surface area contributed by atoms with Gasteiger partial charge in [-0.3, -0.25) is 4.79 Å². The molecule has 0 aliphatic carbocycles. The lowest BCUT2D eigenvalue weighted by Crippen LogP contribution is -2.05. The fraction of sp³-hybridized carbons (Fsp3) is 0. The summed E-state index contributed by atoms with van der Waals surface area (Å²) in [7, 11) is 0. The summed E-state index contributed by atoms with van der Waals surface area (Å²) in [5, 5.41) is 0.199. The summed E-state index contributed by atoms with van der Waals surface area (Å²) in [5.74, 6) is -0.936. The Kier molecular flexibility index (Phi) is 2.92. The van der Waals surface area contributed by atoms with Gasteiger partial charge in [0.2, 0.25) is 5.78 Å². The number of hydrogen-bond donors (Lipinski definition) is 0. The first-order valence-electron chi connectivity index (χ1n) is 4.44. The molecule has 0 radical (unpaired) electrons. The van der Waals surface area contributed by atoms with Crippen molar-refractivity contribution < 1.29 is 9.18 Å². The highest BCUT2D eigenvalue weighted by atomic mass is 35.5. The Balaban J connectivity index is 2.46. The molecule has 1 heterocycles. The number of ketones is 1. The van der Waals surface area contributed by atoms with Crippen LogP contribution in [0.2, 0.25) is 5.02 Å². The van der Waals surface area contributed by atoms with E-state index in [1.807, 2.05) is 0 Å². The van der Waals surface area contributed by atoms with Crippen LogP contribution in [0.1, 0.15) is 16.1 Å². The number of aromatic nitrogens is 2. The van der Waals surface area contributed by atoms with Gasteiger partial charge in [-0.1, -0.05) is 11.6 Å². The Morgan fingerprint density at radius 3 is 2.81 bits per heavy atom. The number of halogens is 2. The second-order valence-corrected chi connectivity index (χ2v) is 3.46. The lowest BCUT2D eigenvalue weighted by Gasteiger charge is -2.02. The zero-order valence-corrected chi connectivity index (χ0v) is 8.78. The first-order valence-corrected chi connectivity index (χ1v) is 4.82. The third-order valence-corrected chi connectivity index (χ3v) is 2.32. The number of nitrogens with zero attached hydrogens (tertiary/aromatic N) is 2. The topological polar surface area (TPSA) is 42.9 Å². The predicted octanol–water partition coefficient (Wildman–Crippen LogP) is 2.50. The summed E-state index contributed by atoms with van der Waals surface area (Å²) in [6.45, 7) is 0. The maximum absolute atomic E-state index is 13.0. The number of carbonyl (C=O) groups excluding carboxylic acids is 1. The molecule has 80 valence electrons. The zero-order chi connectivity index (χ0) is 11.5. The SMILES string of the molecule is O=C(c1ccncn1)c1cc(F)ccc1Cl. The number of rotatable bonds is 2. The molecule has 0 saturated carbocycles. The third kappa shape index (κ3) is 2.06. The van der Waals surface area contributed by atoms with Gasteiger partial charge in [0.15, 0.2) is 0 Å². The third-order valence-electron chi connectivity index (χ3n) is 1.99. The van der Waals surface area contributed by atoms with Gasteiger partial charge in [-0.2, -0.15) is 0 Å². The van der Waals surface area contributed by atoms with E-state index in [9.17, 15) is 9.18 Å². The molecule has 0 fully saturated rings.